The van der Waals surface area contributed by atoms with Crippen LogP contribution in [0.5, 0.6) is 0 Å². The number of rotatable bonds is 8. The molecule has 0 saturated heterocycles. The van der Waals surface area contributed by atoms with Gasteiger partial charge in [0.15, 0.2) is 0 Å². The van der Waals surface area contributed by atoms with E-state index in [0.717, 1.165) is 12.6 Å². The second-order valence-corrected chi connectivity index (χ2v) is 5.61. The van der Waals surface area contributed by atoms with Crippen LogP contribution in [0.4, 0.5) is 0 Å². The molecule has 0 heterocycles. The highest BCUT2D eigenvalue weighted by Crippen LogP contribution is 2.33. The maximum absolute atomic E-state index is 6.16. The fourth-order valence-corrected chi connectivity index (χ4v) is 3.59. The molecule has 0 amide bonds. The second-order valence-electron chi connectivity index (χ2n) is 5.61. The Balaban J connectivity index is 2.76. The molecule has 1 fully saturated rings. The van der Waals surface area contributed by atoms with Crippen molar-refractivity contribution in [2.24, 2.45) is 5.73 Å². The van der Waals surface area contributed by atoms with Gasteiger partial charge >= 0.3 is 0 Å². The summed E-state index contributed by atoms with van der Waals surface area (Å²) in [7, 11) is 0. The monoisotopic (exact) mass is 240 g/mol. The summed E-state index contributed by atoms with van der Waals surface area (Å²) in [5.74, 6) is 0. The second kappa shape index (κ2) is 7.38. The highest BCUT2D eigenvalue weighted by Gasteiger charge is 2.37. The number of nitrogens with two attached hydrogens (primary N) is 1. The van der Waals surface area contributed by atoms with Crippen LogP contribution >= 0.6 is 0 Å². The van der Waals surface area contributed by atoms with E-state index in [4.69, 9.17) is 5.73 Å². The van der Waals surface area contributed by atoms with Gasteiger partial charge in [-0.2, -0.15) is 0 Å². The lowest BCUT2D eigenvalue weighted by Gasteiger charge is -2.46. The molecule has 0 aromatic heterocycles. The summed E-state index contributed by atoms with van der Waals surface area (Å²) in [5.41, 5.74) is 6.44. The zero-order valence-corrected chi connectivity index (χ0v) is 12.2. The number of unbranched alkanes of at least 4 members (excludes halogenated alkanes) is 1. The highest BCUT2D eigenvalue weighted by atomic mass is 15.2. The normalized spacial score (nSPS) is 21.0. The third-order valence-electron chi connectivity index (χ3n) is 4.75. The molecular formula is C15H32N2. The van der Waals surface area contributed by atoms with Crippen LogP contribution in [-0.2, 0) is 0 Å². The third-order valence-corrected chi connectivity index (χ3v) is 4.75. The van der Waals surface area contributed by atoms with E-state index in [0.29, 0.717) is 0 Å². The third kappa shape index (κ3) is 3.45. The molecule has 0 aromatic rings. The van der Waals surface area contributed by atoms with Crippen LogP contribution in [0.2, 0.25) is 0 Å². The maximum Gasteiger partial charge on any atom is 0.0331 e. The van der Waals surface area contributed by atoms with Crippen LogP contribution in [0.3, 0.4) is 0 Å². The van der Waals surface area contributed by atoms with Crippen molar-refractivity contribution in [1.82, 2.24) is 4.90 Å². The van der Waals surface area contributed by atoms with Crippen molar-refractivity contribution in [2.45, 2.75) is 83.7 Å². The molecule has 0 aromatic carbocycles. The van der Waals surface area contributed by atoms with Crippen molar-refractivity contribution in [3.63, 3.8) is 0 Å². The molecule has 1 saturated carbocycles. The van der Waals surface area contributed by atoms with Crippen LogP contribution in [0.25, 0.3) is 0 Å². The average molecular weight is 240 g/mol. The molecule has 1 aliphatic carbocycles. The van der Waals surface area contributed by atoms with E-state index < -0.39 is 0 Å². The molecule has 1 rings (SSSR count). The van der Waals surface area contributed by atoms with Crippen molar-refractivity contribution >= 4 is 0 Å². The standard InChI is InChI=1S/C15H32N2/c1-4-7-12-15(5-2,13-16)17(6-3)14-10-8-9-11-14/h14H,4-13,16H2,1-3H3. The molecule has 2 nitrogen and oxygen atoms in total. The van der Waals surface area contributed by atoms with Gasteiger partial charge in [0.05, 0.1) is 0 Å². The van der Waals surface area contributed by atoms with E-state index in [1.54, 1.807) is 0 Å². The molecule has 102 valence electrons. The first-order valence-electron chi connectivity index (χ1n) is 7.70. The largest absolute Gasteiger partial charge is 0.329 e. The lowest BCUT2D eigenvalue weighted by Crippen LogP contribution is -2.56. The molecule has 0 radical (unpaired) electrons. The summed E-state index contributed by atoms with van der Waals surface area (Å²) in [6.45, 7) is 8.90. The number of likely N-dealkylation sites (N-methyl/N-ethyl adjacent to an activating group) is 1. The van der Waals surface area contributed by atoms with Gasteiger partial charge in [-0.15, -0.1) is 0 Å². The summed E-state index contributed by atoms with van der Waals surface area (Å²) >= 11 is 0. The minimum Gasteiger partial charge on any atom is -0.329 e. The molecule has 1 aliphatic rings. The Morgan fingerprint density at radius 2 is 1.82 bits per heavy atom. The first-order valence-corrected chi connectivity index (χ1v) is 7.70. The van der Waals surface area contributed by atoms with Crippen molar-refractivity contribution in [3.8, 4) is 0 Å². The van der Waals surface area contributed by atoms with E-state index >= 15 is 0 Å². The minimum absolute atomic E-state index is 0.278. The number of hydrogen-bond acceptors (Lipinski definition) is 2. The van der Waals surface area contributed by atoms with E-state index in [2.05, 4.69) is 25.7 Å². The predicted molar refractivity (Wildman–Crippen MR) is 76.2 cm³/mol. The van der Waals surface area contributed by atoms with Gasteiger partial charge in [-0.3, -0.25) is 4.90 Å². The molecular weight excluding hydrogens is 208 g/mol. The first kappa shape index (κ1) is 15.0. The molecule has 0 aliphatic heterocycles. The Morgan fingerprint density at radius 3 is 2.24 bits per heavy atom. The molecule has 0 spiro atoms. The lowest BCUT2D eigenvalue weighted by atomic mass is 9.86. The van der Waals surface area contributed by atoms with Crippen LogP contribution < -0.4 is 5.73 Å². The predicted octanol–water partition coefficient (Wildman–Crippen LogP) is 3.55. The fraction of sp³-hybridized carbons (Fsp3) is 1.00. The van der Waals surface area contributed by atoms with Crippen LogP contribution in [0.15, 0.2) is 0 Å². The number of nitrogens with zero attached hydrogens (tertiary/aromatic N) is 1. The fourth-order valence-electron chi connectivity index (χ4n) is 3.59. The average Bonchev–Trinajstić information content (AvgIpc) is 2.88. The Morgan fingerprint density at radius 1 is 1.18 bits per heavy atom. The lowest BCUT2D eigenvalue weighted by molar-refractivity contribution is 0.0422. The summed E-state index contributed by atoms with van der Waals surface area (Å²) in [4.78, 5) is 2.75. The van der Waals surface area contributed by atoms with Gasteiger partial charge in [-0.1, -0.05) is 46.5 Å². The SMILES string of the molecule is CCCCC(CC)(CN)N(CC)C1CCCC1. The van der Waals surface area contributed by atoms with Gasteiger partial charge in [-0.25, -0.2) is 0 Å². The summed E-state index contributed by atoms with van der Waals surface area (Å²) in [5, 5.41) is 0. The Labute approximate surface area is 108 Å². The molecule has 2 N–H and O–H groups in total. The zero-order chi connectivity index (χ0) is 12.7. The van der Waals surface area contributed by atoms with Crippen molar-refractivity contribution < 1.29 is 0 Å². The van der Waals surface area contributed by atoms with Crippen molar-refractivity contribution in [1.29, 1.82) is 0 Å². The Hall–Kier alpha value is -0.0800. The highest BCUT2D eigenvalue weighted by molar-refractivity contribution is 4.94. The molecule has 1 unspecified atom stereocenters. The molecule has 2 heteroatoms. The van der Waals surface area contributed by atoms with Crippen LogP contribution in [-0.4, -0.2) is 29.6 Å². The smallest absolute Gasteiger partial charge is 0.0331 e. The van der Waals surface area contributed by atoms with Crippen molar-refractivity contribution in [3.05, 3.63) is 0 Å². The van der Waals surface area contributed by atoms with E-state index in [1.165, 1.54) is 57.9 Å². The Bertz CT molecular complexity index is 193. The van der Waals surface area contributed by atoms with Gasteiger partial charge in [0, 0.05) is 18.1 Å². The first-order chi connectivity index (χ1) is 8.24. The molecule has 1 atom stereocenters. The van der Waals surface area contributed by atoms with Crippen molar-refractivity contribution in [2.75, 3.05) is 13.1 Å². The van der Waals surface area contributed by atoms with Gasteiger partial charge in [0.2, 0.25) is 0 Å². The van der Waals surface area contributed by atoms with Crippen LogP contribution in [0, 0.1) is 0 Å². The summed E-state index contributed by atoms with van der Waals surface area (Å²) in [6, 6.07) is 0.806. The van der Waals surface area contributed by atoms with Gasteiger partial charge in [0.25, 0.3) is 0 Å². The molecule has 17 heavy (non-hydrogen) atoms. The quantitative estimate of drug-likeness (QED) is 0.703. The van der Waals surface area contributed by atoms with E-state index in [1.807, 2.05) is 0 Å². The Kier molecular flexibility index (Phi) is 6.50. The van der Waals surface area contributed by atoms with Gasteiger partial charge < -0.3 is 5.73 Å². The van der Waals surface area contributed by atoms with Crippen LogP contribution in [0.1, 0.15) is 72.1 Å². The maximum atomic E-state index is 6.16. The van der Waals surface area contributed by atoms with E-state index in [-0.39, 0.29) is 5.54 Å². The molecule has 0 bridgehead atoms. The van der Waals surface area contributed by atoms with Gasteiger partial charge in [-0.05, 0) is 32.2 Å². The van der Waals surface area contributed by atoms with E-state index in [9.17, 15) is 0 Å². The minimum atomic E-state index is 0.278. The number of hydrogen-bond donors (Lipinski definition) is 1. The zero-order valence-electron chi connectivity index (χ0n) is 12.2. The summed E-state index contributed by atoms with van der Waals surface area (Å²) in [6.07, 6.45) is 10.7. The topological polar surface area (TPSA) is 29.3 Å². The summed E-state index contributed by atoms with van der Waals surface area (Å²) < 4.78 is 0. The van der Waals surface area contributed by atoms with Gasteiger partial charge in [0.1, 0.15) is 0 Å².